The van der Waals surface area contributed by atoms with Crippen LogP contribution in [0.1, 0.15) is 18.4 Å². The predicted molar refractivity (Wildman–Crippen MR) is 73.2 cm³/mol. The van der Waals surface area contributed by atoms with Gasteiger partial charge >= 0.3 is 5.97 Å². The second kappa shape index (κ2) is 9.10. The van der Waals surface area contributed by atoms with Gasteiger partial charge in [-0.2, -0.15) is 0 Å². The summed E-state index contributed by atoms with van der Waals surface area (Å²) >= 11 is 0. The molecule has 0 amide bonds. The van der Waals surface area contributed by atoms with Crippen LogP contribution in [0.2, 0.25) is 0 Å². The van der Waals surface area contributed by atoms with E-state index in [1.54, 1.807) is 0 Å². The fraction of sp³-hybridized carbons (Fsp3) is 0.533. The molecule has 0 heterocycles. The maximum Gasteiger partial charge on any atom is 0.306 e. The van der Waals surface area contributed by atoms with Crippen LogP contribution >= 0.6 is 0 Å². The maximum atomic E-state index is 11.5. The van der Waals surface area contributed by atoms with Crippen LogP contribution in [0.5, 0.6) is 0 Å². The summed E-state index contributed by atoms with van der Waals surface area (Å²) in [6.07, 6.45) is 2.30. The molecule has 0 unspecified atom stereocenters. The topological polar surface area (TPSA) is 26.3 Å². The van der Waals surface area contributed by atoms with E-state index in [-0.39, 0.29) is 23.0 Å². The second-order valence-electron chi connectivity index (χ2n) is 5.57. The van der Waals surface area contributed by atoms with Crippen molar-refractivity contribution in [1.29, 1.82) is 0 Å². The average molecular weight is 330 g/mol. The van der Waals surface area contributed by atoms with Gasteiger partial charge in [0.2, 0.25) is 0 Å². The molecule has 0 fully saturated rings. The first-order valence-corrected chi connectivity index (χ1v) is 6.47. The molecule has 1 aromatic rings. The zero-order valence-electron chi connectivity index (χ0n) is 12.1. The summed E-state index contributed by atoms with van der Waals surface area (Å²) < 4.78 is 6.02. The van der Waals surface area contributed by atoms with Crippen molar-refractivity contribution in [2.24, 2.45) is 0 Å². The number of hydrogen-bond donors (Lipinski definition) is 0. The number of ether oxygens (including phenoxy) is 1. The minimum absolute atomic E-state index is 0. The third kappa shape index (κ3) is 9.68. The number of hydrogen-bond acceptors (Lipinski definition) is 2. The zero-order chi connectivity index (χ0) is 13.4. The summed E-state index contributed by atoms with van der Waals surface area (Å²) in [6, 6.07) is 10.2. The van der Waals surface area contributed by atoms with Crippen LogP contribution < -0.4 is 17.0 Å². The van der Waals surface area contributed by atoms with Gasteiger partial charge in [0.15, 0.2) is 0 Å². The quantitative estimate of drug-likeness (QED) is 0.486. The van der Waals surface area contributed by atoms with Gasteiger partial charge in [-0.1, -0.05) is 30.3 Å². The molecule has 0 saturated carbocycles. The molecule has 0 spiro atoms. The molecule has 0 bridgehead atoms. The van der Waals surface area contributed by atoms with E-state index < -0.39 is 0 Å². The van der Waals surface area contributed by atoms with Crippen molar-refractivity contribution in [3.05, 3.63) is 35.9 Å². The Kier molecular flexibility index (Phi) is 8.68. The Morgan fingerprint density at radius 1 is 1.16 bits per heavy atom. The normalized spacial score (nSPS) is 10.7. The van der Waals surface area contributed by atoms with Crippen molar-refractivity contribution in [2.45, 2.75) is 19.3 Å². The van der Waals surface area contributed by atoms with E-state index in [0.717, 1.165) is 23.9 Å². The smallest absolute Gasteiger partial charge is 0.306 e. The van der Waals surface area contributed by atoms with Gasteiger partial charge in [0.25, 0.3) is 0 Å². The van der Waals surface area contributed by atoms with Crippen LogP contribution in [-0.2, 0) is 16.0 Å². The molecule has 4 heteroatoms. The molecule has 0 atom stereocenters. The lowest BCUT2D eigenvalue weighted by molar-refractivity contribution is -0.870. The van der Waals surface area contributed by atoms with Crippen LogP contribution in [0, 0.1) is 0 Å². The molecule has 108 valence electrons. The van der Waals surface area contributed by atoms with Gasteiger partial charge in [-0.3, -0.25) is 4.79 Å². The lowest BCUT2D eigenvalue weighted by atomic mass is 10.1. The van der Waals surface area contributed by atoms with Crippen LogP contribution in [-0.4, -0.2) is 44.7 Å². The standard InChI is InChI=1S/C15H24NO2.BrH/c1-16(2,3)12-13-18-15(17)11-7-10-14-8-5-4-6-9-14;/h4-6,8-9H,7,10-13H2,1-3H3;1H/q+1;/p-1. The van der Waals surface area contributed by atoms with E-state index in [2.05, 4.69) is 33.3 Å². The number of benzene rings is 1. The Morgan fingerprint density at radius 3 is 2.37 bits per heavy atom. The van der Waals surface area contributed by atoms with Crippen molar-refractivity contribution in [3.63, 3.8) is 0 Å². The van der Waals surface area contributed by atoms with Gasteiger partial charge in [-0.05, 0) is 18.4 Å². The number of esters is 1. The third-order valence-corrected chi connectivity index (χ3v) is 2.71. The van der Waals surface area contributed by atoms with Gasteiger partial charge in [0, 0.05) is 6.42 Å². The van der Waals surface area contributed by atoms with Gasteiger partial charge in [-0.15, -0.1) is 0 Å². The fourth-order valence-corrected chi connectivity index (χ4v) is 1.59. The lowest BCUT2D eigenvalue weighted by Crippen LogP contribution is -3.00. The molecule has 0 N–H and O–H groups in total. The number of rotatable bonds is 7. The molecular formula is C15H24BrNO2. The summed E-state index contributed by atoms with van der Waals surface area (Å²) in [6.45, 7) is 1.36. The first-order chi connectivity index (χ1) is 8.47. The monoisotopic (exact) mass is 329 g/mol. The Morgan fingerprint density at radius 2 is 1.79 bits per heavy atom. The second-order valence-corrected chi connectivity index (χ2v) is 5.57. The number of quaternary nitrogens is 1. The van der Waals surface area contributed by atoms with Crippen LogP contribution in [0.25, 0.3) is 0 Å². The number of carbonyl (C=O) groups excluding carboxylic acids is 1. The van der Waals surface area contributed by atoms with E-state index in [1.165, 1.54) is 5.56 Å². The molecule has 0 aliphatic carbocycles. The first kappa shape index (κ1) is 18.1. The zero-order valence-corrected chi connectivity index (χ0v) is 13.6. The first-order valence-electron chi connectivity index (χ1n) is 6.47. The van der Waals surface area contributed by atoms with Crippen molar-refractivity contribution in [3.8, 4) is 0 Å². The summed E-state index contributed by atoms with van der Waals surface area (Å²) in [5, 5.41) is 0. The average Bonchev–Trinajstić information content (AvgIpc) is 2.28. The summed E-state index contributed by atoms with van der Waals surface area (Å²) in [5.41, 5.74) is 1.27. The molecular weight excluding hydrogens is 306 g/mol. The highest BCUT2D eigenvalue weighted by atomic mass is 79.9. The van der Waals surface area contributed by atoms with Crippen molar-refractivity contribution in [2.75, 3.05) is 34.3 Å². The summed E-state index contributed by atoms with van der Waals surface area (Å²) in [4.78, 5) is 11.5. The molecule has 0 radical (unpaired) electrons. The van der Waals surface area contributed by atoms with Gasteiger partial charge < -0.3 is 26.2 Å². The van der Waals surface area contributed by atoms with E-state index in [9.17, 15) is 4.79 Å². The number of nitrogens with zero attached hydrogens (tertiary/aromatic N) is 1. The van der Waals surface area contributed by atoms with Gasteiger partial charge in [-0.25, -0.2) is 0 Å². The molecule has 0 saturated heterocycles. The van der Waals surface area contributed by atoms with E-state index in [0.29, 0.717) is 13.0 Å². The molecule has 0 aliphatic heterocycles. The van der Waals surface area contributed by atoms with Gasteiger partial charge in [0.05, 0.1) is 21.1 Å². The fourth-order valence-electron chi connectivity index (χ4n) is 1.59. The Hall–Kier alpha value is -0.870. The Bertz CT molecular complexity index is 360. The number of carbonyl (C=O) groups is 1. The van der Waals surface area contributed by atoms with Gasteiger partial charge in [0.1, 0.15) is 13.2 Å². The molecule has 1 aromatic carbocycles. The minimum Gasteiger partial charge on any atom is -1.00 e. The number of aryl methyl sites for hydroxylation is 1. The molecule has 1 rings (SSSR count). The Balaban J connectivity index is 0.00000324. The van der Waals surface area contributed by atoms with E-state index >= 15 is 0 Å². The van der Waals surface area contributed by atoms with Crippen LogP contribution in [0.3, 0.4) is 0 Å². The summed E-state index contributed by atoms with van der Waals surface area (Å²) in [5.74, 6) is -0.0839. The number of likely N-dealkylation sites (N-methyl/N-ethyl adjacent to an activating group) is 1. The SMILES string of the molecule is C[N+](C)(C)CCOC(=O)CCCc1ccccc1.[Br-]. The largest absolute Gasteiger partial charge is 1.00 e. The third-order valence-electron chi connectivity index (χ3n) is 2.71. The molecule has 0 aromatic heterocycles. The summed E-state index contributed by atoms with van der Waals surface area (Å²) in [7, 11) is 6.26. The van der Waals surface area contributed by atoms with Crippen molar-refractivity contribution in [1.82, 2.24) is 0 Å². The van der Waals surface area contributed by atoms with Crippen LogP contribution in [0.4, 0.5) is 0 Å². The maximum absolute atomic E-state index is 11.5. The lowest BCUT2D eigenvalue weighted by Gasteiger charge is -2.23. The molecule has 0 aliphatic rings. The molecule has 19 heavy (non-hydrogen) atoms. The highest BCUT2D eigenvalue weighted by Gasteiger charge is 2.09. The highest BCUT2D eigenvalue weighted by molar-refractivity contribution is 5.69. The van der Waals surface area contributed by atoms with Crippen molar-refractivity contribution >= 4 is 5.97 Å². The van der Waals surface area contributed by atoms with Crippen molar-refractivity contribution < 1.29 is 31.0 Å². The minimum atomic E-state index is -0.0839. The predicted octanol–water partition coefficient (Wildman–Crippen LogP) is -0.737. The highest BCUT2D eigenvalue weighted by Crippen LogP contribution is 2.05. The van der Waals surface area contributed by atoms with Crippen LogP contribution in [0.15, 0.2) is 30.3 Å². The molecule has 3 nitrogen and oxygen atoms in total. The van der Waals surface area contributed by atoms with E-state index in [1.807, 2.05) is 18.2 Å². The number of halogens is 1. The Labute approximate surface area is 126 Å². The van der Waals surface area contributed by atoms with E-state index in [4.69, 9.17) is 4.74 Å².